The van der Waals surface area contributed by atoms with Crippen molar-refractivity contribution in [1.82, 2.24) is 0 Å². The summed E-state index contributed by atoms with van der Waals surface area (Å²) in [6, 6.07) is 10.2. The predicted octanol–water partition coefficient (Wildman–Crippen LogP) is 3.17. The van der Waals surface area contributed by atoms with Gasteiger partial charge < -0.3 is 4.74 Å². The van der Waals surface area contributed by atoms with Crippen molar-refractivity contribution in [2.75, 3.05) is 7.11 Å². The number of hydrogen-bond acceptors (Lipinski definition) is 3. The van der Waals surface area contributed by atoms with Crippen LogP contribution in [0.5, 0.6) is 0 Å². The Morgan fingerprint density at radius 3 is 2.43 bits per heavy atom. The van der Waals surface area contributed by atoms with Gasteiger partial charge in [-0.2, -0.15) is 0 Å². The second kappa shape index (κ2) is 9.77. The molecule has 0 amide bonds. The molecular weight excluding hydrogens is 264 g/mol. The van der Waals surface area contributed by atoms with Gasteiger partial charge in [0.25, 0.3) is 0 Å². The van der Waals surface area contributed by atoms with Crippen LogP contribution < -0.4 is 0 Å². The van der Waals surface area contributed by atoms with E-state index in [9.17, 15) is 9.59 Å². The van der Waals surface area contributed by atoms with Gasteiger partial charge in [0.2, 0.25) is 0 Å². The smallest absolute Gasteiger partial charge is 0.316 e. The minimum absolute atomic E-state index is 0.140. The average molecular weight is 286 g/mol. The summed E-state index contributed by atoms with van der Waals surface area (Å²) in [6.07, 6.45) is 3.73. The van der Waals surface area contributed by atoms with Crippen molar-refractivity contribution in [3.63, 3.8) is 0 Å². The fraction of sp³-hybridized carbons (Fsp3) is 0.444. The number of aryl methyl sites for hydroxylation is 1. The molecular formula is C18H22O3. The van der Waals surface area contributed by atoms with Gasteiger partial charge in [-0.15, -0.1) is 11.8 Å². The molecule has 1 unspecified atom stereocenters. The van der Waals surface area contributed by atoms with Crippen LogP contribution in [0.3, 0.4) is 0 Å². The molecule has 0 bridgehead atoms. The van der Waals surface area contributed by atoms with Crippen LogP contribution in [-0.2, 0) is 20.7 Å². The van der Waals surface area contributed by atoms with Crippen molar-refractivity contribution in [3.8, 4) is 11.8 Å². The molecule has 0 aromatic heterocycles. The molecule has 1 atom stereocenters. The van der Waals surface area contributed by atoms with E-state index in [1.54, 1.807) is 0 Å². The van der Waals surface area contributed by atoms with Crippen LogP contribution in [0.2, 0.25) is 0 Å². The van der Waals surface area contributed by atoms with E-state index >= 15 is 0 Å². The summed E-state index contributed by atoms with van der Waals surface area (Å²) >= 11 is 0. The fourth-order valence-electron chi connectivity index (χ4n) is 2.05. The first-order valence-corrected chi connectivity index (χ1v) is 7.23. The third kappa shape index (κ3) is 6.76. The summed E-state index contributed by atoms with van der Waals surface area (Å²) in [7, 11) is 1.31. The molecule has 0 saturated heterocycles. The molecule has 0 saturated carbocycles. The summed E-state index contributed by atoms with van der Waals surface area (Å²) in [5.74, 6) is 5.00. The molecule has 1 aromatic carbocycles. The van der Waals surface area contributed by atoms with Crippen molar-refractivity contribution in [2.45, 2.75) is 39.0 Å². The summed E-state index contributed by atoms with van der Waals surface area (Å²) in [5.41, 5.74) is 1.29. The van der Waals surface area contributed by atoms with Crippen LogP contribution in [0.1, 0.15) is 38.2 Å². The summed E-state index contributed by atoms with van der Waals surface area (Å²) in [4.78, 5) is 22.7. The predicted molar refractivity (Wildman–Crippen MR) is 82.6 cm³/mol. The van der Waals surface area contributed by atoms with E-state index in [2.05, 4.69) is 28.7 Å². The number of unbranched alkanes of at least 4 members (excludes halogenated alkanes) is 1. The minimum Gasteiger partial charge on any atom is -0.468 e. The Morgan fingerprint density at radius 1 is 1.14 bits per heavy atom. The topological polar surface area (TPSA) is 43.4 Å². The first-order chi connectivity index (χ1) is 10.1. The SMILES string of the molecule is COC(=O)C(CCCC#CCCc1ccccc1)C(C)=O. The maximum atomic E-state index is 11.4. The van der Waals surface area contributed by atoms with Crippen molar-refractivity contribution in [3.05, 3.63) is 35.9 Å². The van der Waals surface area contributed by atoms with Crippen LogP contribution in [0.15, 0.2) is 30.3 Å². The monoisotopic (exact) mass is 286 g/mol. The maximum absolute atomic E-state index is 11.4. The molecule has 0 aliphatic rings. The molecule has 112 valence electrons. The van der Waals surface area contributed by atoms with E-state index in [4.69, 9.17) is 0 Å². The molecule has 3 nitrogen and oxygen atoms in total. The van der Waals surface area contributed by atoms with E-state index in [0.29, 0.717) is 12.8 Å². The van der Waals surface area contributed by atoms with Crippen molar-refractivity contribution >= 4 is 11.8 Å². The maximum Gasteiger partial charge on any atom is 0.316 e. The molecule has 21 heavy (non-hydrogen) atoms. The number of benzene rings is 1. The highest BCUT2D eigenvalue weighted by atomic mass is 16.5. The molecule has 0 N–H and O–H groups in total. The Balaban J connectivity index is 2.23. The summed E-state index contributed by atoms with van der Waals surface area (Å²) < 4.78 is 4.62. The molecule has 0 aliphatic carbocycles. The Kier molecular flexibility index (Phi) is 7.89. The van der Waals surface area contributed by atoms with Crippen LogP contribution in [0, 0.1) is 17.8 Å². The lowest BCUT2D eigenvalue weighted by molar-refractivity contribution is -0.149. The molecule has 3 heteroatoms. The minimum atomic E-state index is -0.638. The average Bonchev–Trinajstić information content (AvgIpc) is 2.50. The molecule has 0 spiro atoms. The highest BCUT2D eigenvalue weighted by molar-refractivity contribution is 5.97. The molecule has 0 aliphatic heterocycles. The Labute approximate surface area is 126 Å². The number of ether oxygens (including phenoxy) is 1. The lowest BCUT2D eigenvalue weighted by atomic mass is 9.98. The Bertz CT molecular complexity index is 508. The number of carbonyl (C=O) groups excluding carboxylic acids is 2. The second-order valence-corrected chi connectivity index (χ2v) is 4.92. The van der Waals surface area contributed by atoms with Crippen molar-refractivity contribution in [2.24, 2.45) is 5.92 Å². The Morgan fingerprint density at radius 2 is 1.81 bits per heavy atom. The largest absolute Gasteiger partial charge is 0.468 e. The lowest BCUT2D eigenvalue weighted by Crippen LogP contribution is -2.23. The number of Topliss-reactive ketones (excluding diaryl/α,β-unsaturated/α-hetero) is 1. The normalized spacial score (nSPS) is 11.1. The van der Waals surface area contributed by atoms with Crippen LogP contribution in [0.25, 0.3) is 0 Å². The Hall–Kier alpha value is -2.08. The van der Waals surface area contributed by atoms with Crippen molar-refractivity contribution < 1.29 is 14.3 Å². The third-order valence-corrected chi connectivity index (χ3v) is 3.28. The van der Waals surface area contributed by atoms with E-state index in [1.165, 1.54) is 19.6 Å². The quantitative estimate of drug-likeness (QED) is 0.335. The standard InChI is InChI=1S/C18H22O3/c1-15(19)17(18(20)21-2)14-10-5-3-4-7-11-16-12-8-6-9-13-16/h6,8-9,12-13,17H,5,7,10-11,14H2,1-2H3. The van der Waals surface area contributed by atoms with Gasteiger partial charge in [-0.05, 0) is 31.7 Å². The third-order valence-electron chi connectivity index (χ3n) is 3.28. The molecule has 0 heterocycles. The number of esters is 1. The number of carbonyl (C=O) groups is 2. The van der Waals surface area contributed by atoms with Crippen molar-refractivity contribution in [1.29, 1.82) is 0 Å². The fourth-order valence-corrected chi connectivity index (χ4v) is 2.05. The number of methoxy groups -OCH3 is 1. The van der Waals surface area contributed by atoms with E-state index < -0.39 is 11.9 Å². The van der Waals surface area contributed by atoms with Gasteiger partial charge in [0.1, 0.15) is 11.7 Å². The molecule has 1 aromatic rings. The van der Waals surface area contributed by atoms with Gasteiger partial charge in [-0.1, -0.05) is 30.3 Å². The number of rotatable bonds is 7. The summed E-state index contributed by atoms with van der Waals surface area (Å²) in [6.45, 7) is 1.42. The second-order valence-electron chi connectivity index (χ2n) is 4.92. The van der Waals surface area contributed by atoms with E-state index in [1.807, 2.05) is 18.2 Å². The highest BCUT2D eigenvalue weighted by Crippen LogP contribution is 2.11. The molecule has 1 rings (SSSR count). The van der Waals surface area contributed by atoms with Gasteiger partial charge in [0, 0.05) is 12.8 Å². The zero-order valence-corrected chi connectivity index (χ0v) is 12.7. The lowest BCUT2D eigenvalue weighted by Gasteiger charge is -2.09. The van der Waals surface area contributed by atoms with Crippen LogP contribution in [-0.4, -0.2) is 18.9 Å². The first-order valence-electron chi connectivity index (χ1n) is 7.23. The van der Waals surface area contributed by atoms with Gasteiger partial charge in [-0.3, -0.25) is 9.59 Å². The zero-order valence-electron chi connectivity index (χ0n) is 12.7. The van der Waals surface area contributed by atoms with Gasteiger partial charge in [0.05, 0.1) is 7.11 Å². The zero-order chi connectivity index (χ0) is 15.5. The molecule has 0 radical (unpaired) electrons. The number of ketones is 1. The van der Waals surface area contributed by atoms with Crippen LogP contribution in [0.4, 0.5) is 0 Å². The highest BCUT2D eigenvalue weighted by Gasteiger charge is 2.22. The van der Waals surface area contributed by atoms with E-state index in [0.717, 1.165) is 19.3 Å². The van der Waals surface area contributed by atoms with Gasteiger partial charge in [-0.25, -0.2) is 0 Å². The van der Waals surface area contributed by atoms with Gasteiger partial charge >= 0.3 is 5.97 Å². The number of hydrogen-bond donors (Lipinski definition) is 0. The van der Waals surface area contributed by atoms with Crippen LogP contribution >= 0.6 is 0 Å². The van der Waals surface area contributed by atoms with E-state index in [-0.39, 0.29) is 5.78 Å². The molecule has 0 fully saturated rings. The first kappa shape index (κ1) is 17.0. The van der Waals surface area contributed by atoms with Gasteiger partial charge in [0.15, 0.2) is 0 Å². The summed E-state index contributed by atoms with van der Waals surface area (Å²) in [5, 5.41) is 0.